The molecular formula is C16H21N5O2S. The van der Waals surface area contributed by atoms with Gasteiger partial charge in [0.2, 0.25) is 5.91 Å². The molecule has 1 fully saturated rings. The van der Waals surface area contributed by atoms with Gasteiger partial charge in [0, 0.05) is 30.7 Å². The first-order chi connectivity index (χ1) is 11.6. The number of hydrogen-bond donors (Lipinski definition) is 1. The minimum absolute atomic E-state index is 0.0321. The number of aromatic nitrogens is 3. The third-order valence-electron chi connectivity index (χ3n) is 3.87. The molecule has 1 atom stereocenters. The van der Waals surface area contributed by atoms with Gasteiger partial charge in [0.25, 0.3) is 0 Å². The van der Waals surface area contributed by atoms with Crippen molar-refractivity contribution < 1.29 is 9.53 Å². The van der Waals surface area contributed by atoms with Gasteiger partial charge in [-0.05, 0) is 13.8 Å². The second kappa shape index (κ2) is 7.23. The fraction of sp³-hybridized carbons (Fsp3) is 0.500. The SMILES string of the molecule is CNc1cc(C)nc(C2COCCN2C(=O)Cc2csc(C)n2)n1. The van der Waals surface area contributed by atoms with E-state index in [1.807, 2.05) is 37.2 Å². The first-order valence-electron chi connectivity index (χ1n) is 7.88. The van der Waals surface area contributed by atoms with Gasteiger partial charge in [-0.15, -0.1) is 11.3 Å². The molecule has 1 amide bonds. The van der Waals surface area contributed by atoms with Gasteiger partial charge < -0.3 is 15.0 Å². The van der Waals surface area contributed by atoms with E-state index in [1.165, 1.54) is 0 Å². The highest BCUT2D eigenvalue weighted by Crippen LogP contribution is 2.24. The molecule has 24 heavy (non-hydrogen) atoms. The predicted molar refractivity (Wildman–Crippen MR) is 92.1 cm³/mol. The molecule has 0 aliphatic carbocycles. The molecule has 128 valence electrons. The van der Waals surface area contributed by atoms with Gasteiger partial charge in [0.05, 0.1) is 30.3 Å². The molecule has 1 unspecified atom stereocenters. The number of nitrogens with zero attached hydrogens (tertiary/aromatic N) is 4. The number of anilines is 1. The summed E-state index contributed by atoms with van der Waals surface area (Å²) in [6.07, 6.45) is 0.297. The molecule has 7 nitrogen and oxygen atoms in total. The molecule has 3 heterocycles. The quantitative estimate of drug-likeness (QED) is 0.907. The molecule has 0 spiro atoms. The zero-order valence-electron chi connectivity index (χ0n) is 14.1. The lowest BCUT2D eigenvalue weighted by molar-refractivity contribution is -0.139. The first-order valence-corrected chi connectivity index (χ1v) is 8.76. The number of aryl methyl sites for hydroxylation is 2. The van der Waals surface area contributed by atoms with Gasteiger partial charge in [0.15, 0.2) is 5.82 Å². The second-order valence-corrected chi connectivity index (χ2v) is 6.78. The molecule has 1 aliphatic rings. The van der Waals surface area contributed by atoms with Crippen LogP contribution in [0.1, 0.15) is 28.3 Å². The summed E-state index contributed by atoms with van der Waals surface area (Å²) in [5.41, 5.74) is 1.67. The Bertz CT molecular complexity index is 733. The number of rotatable bonds is 4. The Morgan fingerprint density at radius 1 is 1.42 bits per heavy atom. The first kappa shape index (κ1) is 16.8. The van der Waals surface area contributed by atoms with Crippen molar-refractivity contribution in [1.82, 2.24) is 19.9 Å². The van der Waals surface area contributed by atoms with E-state index >= 15 is 0 Å². The van der Waals surface area contributed by atoms with E-state index in [2.05, 4.69) is 20.3 Å². The topological polar surface area (TPSA) is 80.2 Å². The molecular weight excluding hydrogens is 326 g/mol. The van der Waals surface area contributed by atoms with Crippen LogP contribution >= 0.6 is 11.3 Å². The lowest BCUT2D eigenvalue weighted by Crippen LogP contribution is -2.44. The summed E-state index contributed by atoms with van der Waals surface area (Å²) < 4.78 is 5.58. The summed E-state index contributed by atoms with van der Waals surface area (Å²) >= 11 is 1.56. The minimum Gasteiger partial charge on any atom is -0.377 e. The number of ether oxygens (including phenoxy) is 1. The van der Waals surface area contributed by atoms with Gasteiger partial charge in [0.1, 0.15) is 11.9 Å². The highest BCUT2D eigenvalue weighted by atomic mass is 32.1. The average Bonchev–Trinajstić information content (AvgIpc) is 2.99. The largest absolute Gasteiger partial charge is 0.377 e. The molecule has 0 radical (unpaired) electrons. The van der Waals surface area contributed by atoms with Gasteiger partial charge in [-0.25, -0.2) is 15.0 Å². The van der Waals surface area contributed by atoms with E-state index in [1.54, 1.807) is 11.3 Å². The van der Waals surface area contributed by atoms with Crippen LogP contribution in [0, 0.1) is 13.8 Å². The Kier molecular flexibility index (Phi) is 5.06. The number of hydrogen-bond acceptors (Lipinski definition) is 7. The average molecular weight is 347 g/mol. The molecule has 1 aliphatic heterocycles. The number of amides is 1. The lowest BCUT2D eigenvalue weighted by atomic mass is 10.1. The summed E-state index contributed by atoms with van der Waals surface area (Å²) in [4.78, 5) is 28.0. The molecule has 1 N–H and O–H groups in total. The summed E-state index contributed by atoms with van der Waals surface area (Å²) in [5.74, 6) is 1.39. The van der Waals surface area contributed by atoms with Crippen LogP contribution in [0.5, 0.6) is 0 Å². The van der Waals surface area contributed by atoms with Crippen molar-refractivity contribution in [1.29, 1.82) is 0 Å². The Morgan fingerprint density at radius 2 is 2.25 bits per heavy atom. The van der Waals surface area contributed by atoms with Gasteiger partial charge in [-0.1, -0.05) is 0 Å². The van der Waals surface area contributed by atoms with Crippen LogP contribution in [-0.2, 0) is 16.0 Å². The van der Waals surface area contributed by atoms with Crippen molar-refractivity contribution in [3.05, 3.63) is 33.7 Å². The number of carbonyl (C=O) groups is 1. The zero-order chi connectivity index (χ0) is 17.1. The molecule has 0 aromatic carbocycles. The summed E-state index contributed by atoms with van der Waals surface area (Å²) in [7, 11) is 1.82. The summed E-state index contributed by atoms with van der Waals surface area (Å²) in [6, 6.07) is 1.61. The lowest BCUT2D eigenvalue weighted by Gasteiger charge is -2.34. The van der Waals surface area contributed by atoms with Crippen molar-refractivity contribution >= 4 is 23.1 Å². The van der Waals surface area contributed by atoms with Crippen LogP contribution in [0.2, 0.25) is 0 Å². The normalized spacial score (nSPS) is 17.8. The molecule has 0 bridgehead atoms. The zero-order valence-corrected chi connectivity index (χ0v) is 14.9. The Labute approximate surface area is 145 Å². The van der Waals surface area contributed by atoms with E-state index in [-0.39, 0.29) is 11.9 Å². The number of morpholine rings is 1. The highest BCUT2D eigenvalue weighted by molar-refractivity contribution is 7.09. The highest BCUT2D eigenvalue weighted by Gasteiger charge is 2.31. The van der Waals surface area contributed by atoms with Crippen LogP contribution in [0.25, 0.3) is 0 Å². The molecule has 3 rings (SSSR count). The van der Waals surface area contributed by atoms with Crippen molar-refractivity contribution in [3.8, 4) is 0 Å². The Hall–Kier alpha value is -2.06. The number of carbonyl (C=O) groups excluding carboxylic acids is 1. The minimum atomic E-state index is -0.266. The van der Waals surface area contributed by atoms with Crippen molar-refractivity contribution in [2.45, 2.75) is 26.3 Å². The molecule has 2 aromatic heterocycles. The van der Waals surface area contributed by atoms with E-state index in [0.717, 1.165) is 22.2 Å². The fourth-order valence-electron chi connectivity index (χ4n) is 2.73. The van der Waals surface area contributed by atoms with E-state index < -0.39 is 0 Å². The van der Waals surface area contributed by atoms with E-state index in [0.29, 0.717) is 32.0 Å². The third-order valence-corrected chi connectivity index (χ3v) is 4.70. The third kappa shape index (κ3) is 3.70. The van der Waals surface area contributed by atoms with Gasteiger partial charge in [-0.3, -0.25) is 4.79 Å². The number of nitrogens with one attached hydrogen (secondary N) is 1. The fourth-order valence-corrected chi connectivity index (χ4v) is 3.34. The predicted octanol–water partition coefficient (Wildman–Crippen LogP) is 1.73. The maximum Gasteiger partial charge on any atom is 0.229 e. The van der Waals surface area contributed by atoms with Crippen LogP contribution in [0.4, 0.5) is 5.82 Å². The summed E-state index contributed by atoms with van der Waals surface area (Å²) in [6.45, 7) is 5.34. The molecule has 1 saturated heterocycles. The molecule has 2 aromatic rings. The van der Waals surface area contributed by atoms with Gasteiger partial charge in [-0.2, -0.15) is 0 Å². The standard InChI is InChI=1S/C16H21N5O2S/c1-10-6-14(17-3)20-16(18-10)13-8-23-5-4-21(13)15(22)7-12-9-24-11(2)19-12/h6,9,13H,4-5,7-8H2,1-3H3,(H,17,18,20). The molecule has 8 heteroatoms. The van der Waals surface area contributed by atoms with Crippen LogP contribution in [0.3, 0.4) is 0 Å². The van der Waals surface area contributed by atoms with Crippen LogP contribution < -0.4 is 5.32 Å². The van der Waals surface area contributed by atoms with E-state index in [4.69, 9.17) is 4.74 Å². The second-order valence-electron chi connectivity index (χ2n) is 5.72. The van der Waals surface area contributed by atoms with Gasteiger partial charge >= 0.3 is 0 Å². The smallest absolute Gasteiger partial charge is 0.229 e. The summed E-state index contributed by atoms with van der Waals surface area (Å²) in [5, 5.41) is 5.93. The Balaban J connectivity index is 1.82. The maximum atomic E-state index is 12.8. The number of thiazole rings is 1. The van der Waals surface area contributed by atoms with E-state index in [9.17, 15) is 4.79 Å². The van der Waals surface area contributed by atoms with Crippen LogP contribution in [-0.4, -0.2) is 52.6 Å². The van der Waals surface area contributed by atoms with Crippen molar-refractivity contribution in [2.75, 3.05) is 32.1 Å². The molecule has 0 saturated carbocycles. The van der Waals surface area contributed by atoms with Crippen LogP contribution in [0.15, 0.2) is 11.4 Å². The van der Waals surface area contributed by atoms with Crippen molar-refractivity contribution in [3.63, 3.8) is 0 Å². The monoisotopic (exact) mass is 347 g/mol. The maximum absolute atomic E-state index is 12.8. The van der Waals surface area contributed by atoms with Crippen molar-refractivity contribution in [2.24, 2.45) is 0 Å². The Morgan fingerprint density at radius 3 is 2.96 bits per heavy atom.